The molecule has 126 valence electrons. The number of hydrogen-bond acceptors (Lipinski definition) is 5. The van der Waals surface area contributed by atoms with Crippen molar-refractivity contribution in [1.29, 1.82) is 0 Å². The van der Waals surface area contributed by atoms with Crippen LogP contribution in [0.15, 0.2) is 39.6 Å². The molecule has 0 fully saturated rings. The number of aromatic nitrogens is 2. The summed E-state index contributed by atoms with van der Waals surface area (Å²) < 4.78 is 13.1. The summed E-state index contributed by atoms with van der Waals surface area (Å²) in [7, 11) is 0. The molecule has 0 bridgehead atoms. The fourth-order valence-electron chi connectivity index (χ4n) is 2.17. The second kappa shape index (κ2) is 7.51. The minimum absolute atomic E-state index is 0.103. The predicted octanol–water partition coefficient (Wildman–Crippen LogP) is 2.63. The van der Waals surface area contributed by atoms with Crippen molar-refractivity contribution in [2.24, 2.45) is 0 Å². The molecule has 1 amide bonds. The van der Waals surface area contributed by atoms with Gasteiger partial charge in [-0.15, -0.1) is 17.8 Å². The number of thiophene rings is 1. The van der Waals surface area contributed by atoms with Crippen LogP contribution < -0.4 is 10.9 Å². The summed E-state index contributed by atoms with van der Waals surface area (Å²) in [5, 5.41) is 5.17. The Balaban J connectivity index is 1.87. The van der Waals surface area contributed by atoms with E-state index >= 15 is 0 Å². The first-order chi connectivity index (χ1) is 12.1. The zero-order valence-corrected chi connectivity index (χ0v) is 14.5. The highest BCUT2D eigenvalue weighted by atomic mass is 32.2. The Morgan fingerprint density at radius 2 is 2.16 bits per heavy atom. The Morgan fingerprint density at radius 1 is 1.40 bits per heavy atom. The number of amides is 1. The maximum atomic E-state index is 13.1. The number of fused-ring (bicyclic) bond motifs is 1. The monoisotopic (exact) mass is 373 g/mol. The van der Waals surface area contributed by atoms with Crippen LogP contribution in [0.3, 0.4) is 0 Å². The van der Waals surface area contributed by atoms with E-state index in [0.717, 1.165) is 17.3 Å². The van der Waals surface area contributed by atoms with Crippen molar-refractivity contribution >= 4 is 39.2 Å². The molecule has 2 aromatic heterocycles. The van der Waals surface area contributed by atoms with E-state index in [1.807, 2.05) is 5.38 Å². The van der Waals surface area contributed by atoms with Gasteiger partial charge in [0.1, 0.15) is 10.6 Å². The van der Waals surface area contributed by atoms with E-state index in [4.69, 9.17) is 6.42 Å². The van der Waals surface area contributed by atoms with Crippen LogP contribution in [-0.2, 0) is 4.79 Å². The molecule has 0 saturated carbocycles. The quantitative estimate of drug-likeness (QED) is 0.410. The summed E-state index contributed by atoms with van der Waals surface area (Å²) in [6.07, 6.45) is 5.07. The highest BCUT2D eigenvalue weighted by molar-refractivity contribution is 7.99. The van der Waals surface area contributed by atoms with Gasteiger partial charge in [-0.05, 0) is 17.7 Å². The molecule has 1 aromatic carbocycles. The molecule has 3 rings (SSSR count). The Bertz CT molecular complexity index is 1020. The third-order valence-corrected chi connectivity index (χ3v) is 5.05. The lowest BCUT2D eigenvalue weighted by Gasteiger charge is -2.03. The minimum atomic E-state index is -0.336. The molecule has 3 aromatic rings. The molecule has 0 radical (unpaired) electrons. The summed E-state index contributed by atoms with van der Waals surface area (Å²) in [6, 6.07) is 5.93. The number of nitrogens with zero attached hydrogens (tertiary/aromatic N) is 1. The van der Waals surface area contributed by atoms with Gasteiger partial charge in [0.25, 0.3) is 5.56 Å². The third-order valence-electron chi connectivity index (χ3n) is 3.31. The molecule has 0 saturated heterocycles. The van der Waals surface area contributed by atoms with Crippen LogP contribution in [0, 0.1) is 18.2 Å². The van der Waals surface area contributed by atoms with Crippen molar-refractivity contribution in [3.05, 3.63) is 45.8 Å². The van der Waals surface area contributed by atoms with E-state index in [0.29, 0.717) is 20.9 Å². The van der Waals surface area contributed by atoms with Crippen molar-refractivity contribution in [2.45, 2.75) is 5.16 Å². The van der Waals surface area contributed by atoms with E-state index in [9.17, 15) is 14.0 Å². The number of thioether (sulfide) groups is 1. The number of rotatable bonds is 5. The van der Waals surface area contributed by atoms with Crippen molar-refractivity contribution in [2.75, 3.05) is 12.3 Å². The highest BCUT2D eigenvalue weighted by Gasteiger charge is 2.14. The van der Waals surface area contributed by atoms with Crippen molar-refractivity contribution < 1.29 is 9.18 Å². The van der Waals surface area contributed by atoms with Gasteiger partial charge in [0.05, 0.1) is 17.7 Å². The molecular formula is C17H12FN3O2S2. The Hall–Kier alpha value is -2.63. The summed E-state index contributed by atoms with van der Waals surface area (Å²) in [5.74, 6) is 1.85. The fourth-order valence-corrected chi connectivity index (χ4v) is 3.87. The molecule has 0 atom stereocenters. The fraction of sp³-hybridized carbons (Fsp3) is 0.118. The topological polar surface area (TPSA) is 74.8 Å². The number of H-pyrrole nitrogens is 1. The number of terminal acetylenes is 1. The minimum Gasteiger partial charge on any atom is -0.344 e. The number of hydrogen-bond donors (Lipinski definition) is 2. The van der Waals surface area contributed by atoms with Gasteiger partial charge in [0, 0.05) is 10.9 Å². The van der Waals surface area contributed by atoms with Gasteiger partial charge < -0.3 is 10.3 Å². The van der Waals surface area contributed by atoms with Crippen molar-refractivity contribution in [3.8, 4) is 23.5 Å². The van der Waals surface area contributed by atoms with Crippen LogP contribution in [0.5, 0.6) is 0 Å². The first-order valence-corrected chi connectivity index (χ1v) is 9.05. The van der Waals surface area contributed by atoms with Crippen LogP contribution >= 0.6 is 23.1 Å². The second-order valence-electron chi connectivity index (χ2n) is 4.98. The zero-order chi connectivity index (χ0) is 17.8. The molecule has 2 N–H and O–H groups in total. The summed E-state index contributed by atoms with van der Waals surface area (Å²) in [4.78, 5) is 31.6. The highest BCUT2D eigenvalue weighted by Crippen LogP contribution is 2.31. The van der Waals surface area contributed by atoms with E-state index < -0.39 is 0 Å². The van der Waals surface area contributed by atoms with Gasteiger partial charge in [-0.1, -0.05) is 29.8 Å². The standard InChI is InChI=1S/C17H12FN3O2S2/c1-2-7-19-13(22)9-25-17-20-15(23)14-12(8-24-16(14)21-17)10-3-5-11(18)6-4-10/h1,3-6,8H,7,9H2,(H,19,22)(H,20,21,23). The maximum absolute atomic E-state index is 13.1. The van der Waals surface area contributed by atoms with Gasteiger partial charge in [-0.25, -0.2) is 9.37 Å². The van der Waals surface area contributed by atoms with Crippen LogP contribution in [0.4, 0.5) is 4.39 Å². The van der Waals surface area contributed by atoms with E-state index in [-0.39, 0.29) is 29.6 Å². The summed E-state index contributed by atoms with van der Waals surface area (Å²) >= 11 is 2.45. The average Bonchev–Trinajstić information content (AvgIpc) is 3.03. The van der Waals surface area contributed by atoms with Crippen LogP contribution in [0.1, 0.15) is 0 Å². The SMILES string of the molecule is C#CCNC(=O)CSc1nc2scc(-c3ccc(F)cc3)c2c(=O)[nH]1. The van der Waals surface area contributed by atoms with Crippen LogP contribution in [-0.4, -0.2) is 28.2 Å². The van der Waals surface area contributed by atoms with Crippen LogP contribution in [0.2, 0.25) is 0 Å². The molecule has 0 unspecified atom stereocenters. The molecule has 0 spiro atoms. The lowest BCUT2D eigenvalue weighted by molar-refractivity contribution is -0.118. The molecule has 0 aliphatic rings. The number of carbonyl (C=O) groups excluding carboxylic acids is 1. The smallest absolute Gasteiger partial charge is 0.260 e. The molecule has 0 aliphatic heterocycles. The molecule has 8 heteroatoms. The number of halogens is 1. The first-order valence-electron chi connectivity index (χ1n) is 7.19. The lowest BCUT2D eigenvalue weighted by Crippen LogP contribution is -2.25. The van der Waals surface area contributed by atoms with Crippen LogP contribution in [0.25, 0.3) is 21.3 Å². The van der Waals surface area contributed by atoms with E-state index in [1.165, 1.54) is 23.5 Å². The van der Waals surface area contributed by atoms with Crippen molar-refractivity contribution in [3.63, 3.8) is 0 Å². The summed E-state index contributed by atoms with van der Waals surface area (Å²) in [5.41, 5.74) is 1.16. The van der Waals surface area contributed by atoms with Gasteiger partial charge in [-0.3, -0.25) is 9.59 Å². The number of nitrogens with one attached hydrogen (secondary N) is 2. The molecular weight excluding hydrogens is 361 g/mol. The Morgan fingerprint density at radius 3 is 2.88 bits per heavy atom. The maximum Gasteiger partial charge on any atom is 0.260 e. The average molecular weight is 373 g/mol. The summed E-state index contributed by atoms with van der Waals surface area (Å²) in [6.45, 7) is 0.161. The van der Waals surface area contributed by atoms with Gasteiger partial charge in [-0.2, -0.15) is 0 Å². The largest absolute Gasteiger partial charge is 0.344 e. The number of aromatic amines is 1. The molecule has 5 nitrogen and oxygen atoms in total. The van der Waals surface area contributed by atoms with Gasteiger partial charge in [0.2, 0.25) is 5.91 Å². The predicted molar refractivity (Wildman–Crippen MR) is 98.2 cm³/mol. The normalized spacial score (nSPS) is 10.6. The third kappa shape index (κ3) is 3.90. The van der Waals surface area contributed by atoms with E-state index in [1.54, 1.807) is 12.1 Å². The molecule has 2 heterocycles. The lowest BCUT2D eigenvalue weighted by atomic mass is 10.1. The van der Waals surface area contributed by atoms with Gasteiger partial charge in [0.15, 0.2) is 5.16 Å². The van der Waals surface area contributed by atoms with E-state index in [2.05, 4.69) is 21.2 Å². The Kier molecular flexibility index (Phi) is 5.16. The number of benzene rings is 1. The van der Waals surface area contributed by atoms with Crippen molar-refractivity contribution in [1.82, 2.24) is 15.3 Å². The molecule has 0 aliphatic carbocycles. The first kappa shape index (κ1) is 17.2. The van der Waals surface area contributed by atoms with Gasteiger partial charge >= 0.3 is 0 Å². The Labute approximate surface area is 150 Å². The second-order valence-corrected chi connectivity index (χ2v) is 6.80. The molecule has 25 heavy (non-hydrogen) atoms. The number of carbonyl (C=O) groups is 1. The zero-order valence-electron chi connectivity index (χ0n) is 12.8.